The summed E-state index contributed by atoms with van der Waals surface area (Å²) in [6, 6.07) is 4.79. The fraction of sp³-hybridized carbons (Fsp3) is 0.500. The van der Waals surface area contributed by atoms with E-state index in [0.717, 1.165) is 29.2 Å². The first kappa shape index (κ1) is 13.3. The van der Waals surface area contributed by atoms with E-state index in [9.17, 15) is 4.39 Å². The first-order valence-electron chi connectivity index (χ1n) is 5.33. The summed E-state index contributed by atoms with van der Waals surface area (Å²) >= 11 is 1.71. The van der Waals surface area contributed by atoms with Crippen LogP contribution in [-0.2, 0) is 5.75 Å². The molecule has 1 rings (SSSR count). The predicted molar refractivity (Wildman–Crippen MR) is 67.4 cm³/mol. The fourth-order valence-electron chi connectivity index (χ4n) is 1.30. The Morgan fingerprint density at radius 1 is 1.50 bits per heavy atom. The van der Waals surface area contributed by atoms with Crippen molar-refractivity contribution >= 4 is 11.8 Å². The normalized spacial score (nSPS) is 12.5. The molecule has 0 aliphatic rings. The number of ether oxygens (including phenoxy) is 1. The van der Waals surface area contributed by atoms with E-state index in [-0.39, 0.29) is 11.9 Å². The van der Waals surface area contributed by atoms with E-state index in [1.54, 1.807) is 24.9 Å². The van der Waals surface area contributed by atoms with Gasteiger partial charge in [0.15, 0.2) is 0 Å². The Morgan fingerprint density at radius 3 is 2.88 bits per heavy atom. The van der Waals surface area contributed by atoms with Gasteiger partial charge in [0, 0.05) is 23.1 Å². The van der Waals surface area contributed by atoms with Crippen LogP contribution < -0.4 is 10.5 Å². The van der Waals surface area contributed by atoms with Crippen molar-refractivity contribution < 1.29 is 9.13 Å². The Hall–Kier alpha value is -0.740. The van der Waals surface area contributed by atoms with Crippen LogP contribution in [-0.4, -0.2) is 18.9 Å². The van der Waals surface area contributed by atoms with Gasteiger partial charge in [0.05, 0.1) is 7.11 Å². The number of halogens is 1. The molecule has 2 N–H and O–H groups in total. The van der Waals surface area contributed by atoms with E-state index in [0.29, 0.717) is 0 Å². The average molecular weight is 243 g/mol. The molecule has 2 nitrogen and oxygen atoms in total. The third-order valence-corrected chi connectivity index (χ3v) is 3.54. The topological polar surface area (TPSA) is 35.2 Å². The maximum Gasteiger partial charge on any atom is 0.123 e. The van der Waals surface area contributed by atoms with Gasteiger partial charge in [-0.25, -0.2) is 4.39 Å². The van der Waals surface area contributed by atoms with Gasteiger partial charge in [0.2, 0.25) is 0 Å². The van der Waals surface area contributed by atoms with Gasteiger partial charge in [-0.3, -0.25) is 0 Å². The lowest BCUT2D eigenvalue weighted by molar-refractivity contribution is 0.410. The summed E-state index contributed by atoms with van der Waals surface area (Å²) < 4.78 is 18.2. The molecule has 0 fully saturated rings. The highest BCUT2D eigenvalue weighted by molar-refractivity contribution is 7.98. The Kier molecular flexibility index (Phi) is 5.63. The van der Waals surface area contributed by atoms with Crippen molar-refractivity contribution in [1.82, 2.24) is 0 Å². The summed E-state index contributed by atoms with van der Waals surface area (Å²) in [4.78, 5) is 0. The van der Waals surface area contributed by atoms with Gasteiger partial charge in [-0.05, 0) is 24.6 Å². The van der Waals surface area contributed by atoms with Crippen LogP contribution in [0.3, 0.4) is 0 Å². The highest BCUT2D eigenvalue weighted by Gasteiger charge is 2.06. The van der Waals surface area contributed by atoms with Crippen LogP contribution in [0.25, 0.3) is 0 Å². The number of rotatable bonds is 6. The molecule has 0 heterocycles. The van der Waals surface area contributed by atoms with Gasteiger partial charge in [-0.15, -0.1) is 0 Å². The van der Waals surface area contributed by atoms with Gasteiger partial charge in [-0.2, -0.15) is 11.8 Å². The van der Waals surface area contributed by atoms with Crippen LogP contribution in [0, 0.1) is 5.82 Å². The number of hydrogen-bond donors (Lipinski definition) is 1. The Labute approximate surface area is 100 Å². The standard InChI is InChI=1S/C12H18FNOS/c1-3-11(14)8-16-7-9-6-10(13)4-5-12(9)15-2/h4-6,11H,3,7-8,14H2,1-2H3. The Balaban J connectivity index is 2.55. The monoisotopic (exact) mass is 243 g/mol. The number of nitrogens with two attached hydrogens (primary N) is 1. The molecular weight excluding hydrogens is 225 g/mol. The lowest BCUT2D eigenvalue weighted by Crippen LogP contribution is -2.21. The van der Waals surface area contributed by atoms with Gasteiger partial charge in [0.1, 0.15) is 11.6 Å². The van der Waals surface area contributed by atoms with Crippen LogP contribution >= 0.6 is 11.8 Å². The van der Waals surface area contributed by atoms with Crippen LogP contribution in [0.15, 0.2) is 18.2 Å². The third-order valence-electron chi connectivity index (χ3n) is 2.36. The number of hydrogen-bond acceptors (Lipinski definition) is 3. The molecule has 1 atom stereocenters. The molecule has 90 valence electrons. The minimum atomic E-state index is -0.226. The van der Waals surface area contributed by atoms with Crippen LogP contribution in [0.2, 0.25) is 0 Å². The van der Waals surface area contributed by atoms with E-state index in [2.05, 4.69) is 6.92 Å². The highest BCUT2D eigenvalue weighted by atomic mass is 32.2. The molecule has 4 heteroatoms. The zero-order chi connectivity index (χ0) is 12.0. The van der Waals surface area contributed by atoms with Crippen molar-refractivity contribution in [3.8, 4) is 5.75 Å². The van der Waals surface area contributed by atoms with Crippen molar-refractivity contribution in [3.05, 3.63) is 29.6 Å². The summed E-state index contributed by atoms with van der Waals surface area (Å²) in [7, 11) is 1.60. The zero-order valence-corrected chi connectivity index (χ0v) is 10.5. The Bertz CT molecular complexity index is 333. The number of benzene rings is 1. The molecule has 0 aromatic heterocycles. The first-order chi connectivity index (χ1) is 7.67. The zero-order valence-electron chi connectivity index (χ0n) is 9.70. The molecule has 1 aromatic rings. The van der Waals surface area contributed by atoms with E-state index in [4.69, 9.17) is 10.5 Å². The van der Waals surface area contributed by atoms with Crippen LogP contribution in [0.5, 0.6) is 5.75 Å². The Morgan fingerprint density at radius 2 is 2.25 bits per heavy atom. The van der Waals surface area contributed by atoms with Crippen molar-refractivity contribution in [2.45, 2.75) is 25.1 Å². The molecule has 1 aromatic carbocycles. The molecule has 0 aliphatic heterocycles. The first-order valence-corrected chi connectivity index (χ1v) is 6.48. The summed E-state index contributed by atoms with van der Waals surface area (Å²) in [5.41, 5.74) is 6.70. The van der Waals surface area contributed by atoms with Gasteiger partial charge in [0.25, 0.3) is 0 Å². The second kappa shape index (κ2) is 6.76. The van der Waals surface area contributed by atoms with Crippen LogP contribution in [0.4, 0.5) is 4.39 Å². The second-order valence-electron chi connectivity index (χ2n) is 3.64. The van der Waals surface area contributed by atoms with E-state index >= 15 is 0 Å². The largest absolute Gasteiger partial charge is 0.496 e. The molecule has 0 saturated carbocycles. The smallest absolute Gasteiger partial charge is 0.123 e. The number of thioether (sulfide) groups is 1. The molecule has 0 aliphatic carbocycles. The molecule has 16 heavy (non-hydrogen) atoms. The highest BCUT2D eigenvalue weighted by Crippen LogP contribution is 2.24. The fourth-order valence-corrected chi connectivity index (χ4v) is 2.40. The molecule has 1 unspecified atom stereocenters. The SMILES string of the molecule is CCC(N)CSCc1cc(F)ccc1OC. The van der Waals surface area contributed by atoms with Crippen molar-refractivity contribution in [2.75, 3.05) is 12.9 Å². The summed E-state index contributed by atoms with van der Waals surface area (Å²) in [5.74, 6) is 2.13. The van der Waals surface area contributed by atoms with E-state index in [1.807, 2.05) is 0 Å². The maximum atomic E-state index is 13.0. The molecule has 0 spiro atoms. The molecular formula is C12H18FNOS. The van der Waals surface area contributed by atoms with Gasteiger partial charge in [-0.1, -0.05) is 6.92 Å². The van der Waals surface area contributed by atoms with Crippen molar-refractivity contribution in [2.24, 2.45) is 5.73 Å². The molecule has 0 radical (unpaired) electrons. The van der Waals surface area contributed by atoms with Crippen LogP contribution in [0.1, 0.15) is 18.9 Å². The second-order valence-corrected chi connectivity index (χ2v) is 4.67. The average Bonchev–Trinajstić information content (AvgIpc) is 2.29. The minimum Gasteiger partial charge on any atom is -0.496 e. The van der Waals surface area contributed by atoms with Crippen molar-refractivity contribution in [1.29, 1.82) is 0 Å². The minimum absolute atomic E-state index is 0.213. The van der Waals surface area contributed by atoms with E-state index < -0.39 is 0 Å². The molecule has 0 bridgehead atoms. The van der Waals surface area contributed by atoms with Crippen molar-refractivity contribution in [3.63, 3.8) is 0 Å². The van der Waals surface area contributed by atoms with Gasteiger partial charge < -0.3 is 10.5 Å². The quantitative estimate of drug-likeness (QED) is 0.834. The lowest BCUT2D eigenvalue weighted by Gasteiger charge is -2.10. The summed E-state index contributed by atoms with van der Waals surface area (Å²) in [6.07, 6.45) is 0.966. The predicted octanol–water partition coefficient (Wildman–Crippen LogP) is 2.80. The summed E-state index contributed by atoms with van der Waals surface area (Å²) in [6.45, 7) is 2.06. The van der Waals surface area contributed by atoms with Gasteiger partial charge >= 0.3 is 0 Å². The maximum absolute atomic E-state index is 13.0. The molecule has 0 amide bonds. The van der Waals surface area contributed by atoms with E-state index in [1.165, 1.54) is 12.1 Å². The number of methoxy groups -OCH3 is 1. The third kappa shape index (κ3) is 4.02. The molecule has 0 saturated heterocycles. The summed E-state index contributed by atoms with van der Waals surface area (Å²) in [5, 5.41) is 0. The lowest BCUT2D eigenvalue weighted by atomic mass is 10.2.